The van der Waals surface area contributed by atoms with Crippen molar-refractivity contribution in [2.75, 3.05) is 30.9 Å². The van der Waals surface area contributed by atoms with Crippen molar-refractivity contribution in [3.05, 3.63) is 58.9 Å². The highest BCUT2D eigenvalue weighted by atomic mass is 16.5. The topological polar surface area (TPSA) is 154 Å². The molecular formula is C21H17N5O5. The molecule has 0 aliphatic heterocycles. The fourth-order valence-corrected chi connectivity index (χ4v) is 2.89. The third kappa shape index (κ3) is 4.63. The Morgan fingerprint density at radius 3 is 2.77 bits per heavy atom. The number of methoxy groups -OCH3 is 1. The Balaban J connectivity index is 1.95. The standard InChI is InChI=1S/C21H17N5O5/c1-31-6-5-23-16-8-18(24-10-13(16)9-22)26-20(28)14-4-2-3-12-7-15(21(29)30)17(11-27)25-19(12)14/h2-4,7-8,10-11H,5-6H2,1H3,(H,29,30)(H2,23,24,26,28). The number of hydrogen-bond donors (Lipinski definition) is 3. The lowest BCUT2D eigenvalue weighted by molar-refractivity contribution is 0.0693. The molecule has 0 saturated heterocycles. The van der Waals surface area contributed by atoms with E-state index in [2.05, 4.69) is 20.6 Å². The molecular weight excluding hydrogens is 402 g/mol. The summed E-state index contributed by atoms with van der Waals surface area (Å²) >= 11 is 0. The summed E-state index contributed by atoms with van der Waals surface area (Å²) in [7, 11) is 1.55. The number of carboxylic acid groups (broad SMARTS) is 1. The van der Waals surface area contributed by atoms with Gasteiger partial charge in [0.05, 0.1) is 34.5 Å². The van der Waals surface area contributed by atoms with Gasteiger partial charge in [-0.05, 0) is 12.1 Å². The van der Waals surface area contributed by atoms with Crippen LogP contribution in [0.2, 0.25) is 0 Å². The van der Waals surface area contributed by atoms with E-state index in [1.54, 1.807) is 19.2 Å². The quantitative estimate of drug-likeness (QED) is 0.368. The van der Waals surface area contributed by atoms with Gasteiger partial charge in [-0.25, -0.2) is 14.8 Å². The van der Waals surface area contributed by atoms with E-state index in [0.717, 1.165) is 0 Å². The van der Waals surface area contributed by atoms with Crippen LogP contribution in [-0.2, 0) is 4.74 Å². The first-order chi connectivity index (χ1) is 15.0. The average molecular weight is 419 g/mol. The van der Waals surface area contributed by atoms with E-state index in [1.165, 1.54) is 24.4 Å². The fraction of sp³-hybridized carbons (Fsp3) is 0.143. The second-order valence-corrected chi connectivity index (χ2v) is 6.32. The minimum atomic E-state index is -1.29. The SMILES string of the molecule is COCCNc1cc(NC(=O)c2cccc3cc(C(=O)O)c(C=O)nc23)ncc1C#N. The number of benzene rings is 1. The highest BCUT2D eigenvalue weighted by molar-refractivity contribution is 6.13. The normalized spacial score (nSPS) is 10.3. The maximum Gasteiger partial charge on any atom is 0.338 e. The number of anilines is 2. The van der Waals surface area contributed by atoms with Crippen LogP contribution in [0, 0.1) is 11.3 Å². The molecule has 0 unspecified atom stereocenters. The van der Waals surface area contributed by atoms with Crippen LogP contribution in [0.25, 0.3) is 10.9 Å². The van der Waals surface area contributed by atoms with E-state index in [4.69, 9.17) is 4.74 Å². The number of nitriles is 1. The number of rotatable bonds is 8. The van der Waals surface area contributed by atoms with E-state index >= 15 is 0 Å². The van der Waals surface area contributed by atoms with Crippen LogP contribution in [0.1, 0.15) is 36.8 Å². The number of para-hydroxylation sites is 1. The minimum Gasteiger partial charge on any atom is -0.478 e. The summed E-state index contributed by atoms with van der Waals surface area (Å²) in [6.07, 6.45) is 1.66. The molecule has 0 aliphatic carbocycles. The predicted octanol–water partition coefficient (Wildman–Crippen LogP) is 2.32. The third-order valence-electron chi connectivity index (χ3n) is 4.35. The highest BCUT2D eigenvalue weighted by Crippen LogP contribution is 2.22. The molecule has 0 radical (unpaired) electrons. The molecule has 2 aromatic heterocycles. The average Bonchev–Trinajstić information content (AvgIpc) is 2.78. The molecule has 0 aliphatic rings. The lowest BCUT2D eigenvalue weighted by atomic mass is 10.1. The Hall–Kier alpha value is -4.36. The van der Waals surface area contributed by atoms with Crippen molar-refractivity contribution >= 4 is 40.6 Å². The summed E-state index contributed by atoms with van der Waals surface area (Å²) < 4.78 is 4.97. The van der Waals surface area contributed by atoms with E-state index in [-0.39, 0.29) is 28.2 Å². The maximum absolute atomic E-state index is 12.9. The zero-order valence-electron chi connectivity index (χ0n) is 16.4. The van der Waals surface area contributed by atoms with E-state index in [1.807, 2.05) is 6.07 Å². The van der Waals surface area contributed by atoms with Crippen molar-refractivity contribution in [1.82, 2.24) is 9.97 Å². The molecule has 31 heavy (non-hydrogen) atoms. The van der Waals surface area contributed by atoms with E-state index in [9.17, 15) is 24.8 Å². The second kappa shape index (κ2) is 9.43. The van der Waals surface area contributed by atoms with Gasteiger partial charge in [0.2, 0.25) is 0 Å². The summed E-state index contributed by atoms with van der Waals surface area (Å²) in [5.74, 6) is -1.65. The molecule has 10 heteroatoms. The molecule has 0 bridgehead atoms. The molecule has 1 amide bonds. The van der Waals surface area contributed by atoms with Crippen LogP contribution in [0.15, 0.2) is 36.5 Å². The van der Waals surface area contributed by atoms with Crippen LogP contribution in [-0.4, -0.2) is 53.5 Å². The lowest BCUT2D eigenvalue weighted by Gasteiger charge is -2.11. The predicted molar refractivity (Wildman–Crippen MR) is 111 cm³/mol. The van der Waals surface area contributed by atoms with Crippen LogP contribution in [0.4, 0.5) is 11.5 Å². The van der Waals surface area contributed by atoms with Gasteiger partial charge in [0.25, 0.3) is 5.91 Å². The molecule has 10 nitrogen and oxygen atoms in total. The molecule has 0 saturated carbocycles. The van der Waals surface area contributed by atoms with Crippen LogP contribution >= 0.6 is 0 Å². The Labute approximate surface area is 176 Å². The number of hydrogen-bond acceptors (Lipinski definition) is 8. The Kier molecular flexibility index (Phi) is 6.49. The largest absolute Gasteiger partial charge is 0.478 e. The molecule has 2 heterocycles. The van der Waals surface area contributed by atoms with Crippen LogP contribution < -0.4 is 10.6 Å². The van der Waals surface area contributed by atoms with Gasteiger partial charge >= 0.3 is 5.97 Å². The molecule has 3 N–H and O–H groups in total. The molecule has 0 spiro atoms. The monoisotopic (exact) mass is 419 g/mol. The van der Waals surface area contributed by atoms with Gasteiger partial charge in [0.15, 0.2) is 6.29 Å². The number of aromatic carboxylic acids is 1. The number of carbonyl (C=O) groups excluding carboxylic acids is 2. The fourth-order valence-electron chi connectivity index (χ4n) is 2.89. The molecule has 3 aromatic rings. The molecule has 0 fully saturated rings. The first-order valence-electron chi connectivity index (χ1n) is 9.05. The van der Waals surface area contributed by atoms with Crippen molar-refractivity contribution in [1.29, 1.82) is 5.26 Å². The number of aromatic nitrogens is 2. The number of nitrogens with zero attached hydrogens (tertiary/aromatic N) is 3. The maximum atomic E-state index is 12.9. The minimum absolute atomic E-state index is 0.137. The van der Waals surface area contributed by atoms with Crippen LogP contribution in [0.3, 0.4) is 0 Å². The molecule has 0 atom stereocenters. The Bertz CT molecular complexity index is 1220. The first-order valence-corrected chi connectivity index (χ1v) is 9.05. The van der Waals surface area contributed by atoms with Crippen molar-refractivity contribution in [3.63, 3.8) is 0 Å². The van der Waals surface area contributed by atoms with Crippen molar-refractivity contribution in [2.45, 2.75) is 0 Å². The van der Waals surface area contributed by atoms with Crippen molar-refractivity contribution < 1.29 is 24.2 Å². The molecule has 156 valence electrons. The highest BCUT2D eigenvalue weighted by Gasteiger charge is 2.18. The van der Waals surface area contributed by atoms with Crippen LogP contribution in [0.5, 0.6) is 0 Å². The second-order valence-electron chi connectivity index (χ2n) is 6.32. The number of pyridine rings is 2. The van der Waals surface area contributed by atoms with Gasteiger partial charge in [-0.15, -0.1) is 0 Å². The summed E-state index contributed by atoms with van der Waals surface area (Å²) in [6, 6.07) is 9.50. The van der Waals surface area contributed by atoms with Gasteiger partial charge < -0.3 is 20.5 Å². The number of nitrogens with one attached hydrogen (secondary N) is 2. The third-order valence-corrected chi connectivity index (χ3v) is 4.35. The zero-order valence-corrected chi connectivity index (χ0v) is 16.4. The van der Waals surface area contributed by atoms with E-state index in [0.29, 0.717) is 36.1 Å². The summed E-state index contributed by atoms with van der Waals surface area (Å²) in [5, 5.41) is 24.5. The molecule has 1 aromatic carbocycles. The van der Waals surface area contributed by atoms with Gasteiger partial charge in [-0.2, -0.15) is 5.26 Å². The van der Waals surface area contributed by atoms with Crippen molar-refractivity contribution in [2.24, 2.45) is 0 Å². The number of ether oxygens (including phenoxy) is 1. The number of aldehydes is 1. The zero-order chi connectivity index (χ0) is 22.4. The summed E-state index contributed by atoms with van der Waals surface area (Å²) in [5.41, 5.74) is 0.576. The summed E-state index contributed by atoms with van der Waals surface area (Å²) in [4.78, 5) is 43.6. The van der Waals surface area contributed by atoms with Gasteiger partial charge in [-0.3, -0.25) is 9.59 Å². The molecule has 3 rings (SSSR count). The van der Waals surface area contributed by atoms with Gasteiger partial charge in [0, 0.05) is 31.3 Å². The summed E-state index contributed by atoms with van der Waals surface area (Å²) in [6.45, 7) is 0.879. The number of fused-ring (bicyclic) bond motifs is 1. The van der Waals surface area contributed by atoms with E-state index < -0.39 is 11.9 Å². The first kappa shape index (κ1) is 21.4. The lowest BCUT2D eigenvalue weighted by Crippen LogP contribution is -2.15. The Morgan fingerprint density at radius 2 is 2.10 bits per heavy atom. The number of amides is 1. The van der Waals surface area contributed by atoms with Crippen molar-refractivity contribution in [3.8, 4) is 6.07 Å². The Morgan fingerprint density at radius 1 is 1.29 bits per heavy atom. The van der Waals surface area contributed by atoms with Gasteiger partial charge in [-0.1, -0.05) is 12.1 Å². The van der Waals surface area contributed by atoms with Gasteiger partial charge in [0.1, 0.15) is 17.6 Å². The smallest absolute Gasteiger partial charge is 0.338 e. The number of carbonyl (C=O) groups is 3. The number of carboxylic acids is 1.